The van der Waals surface area contributed by atoms with Crippen molar-refractivity contribution in [3.8, 4) is 0 Å². The summed E-state index contributed by atoms with van der Waals surface area (Å²) in [4.78, 5) is 27.0. The molecule has 3 rings (SSSR count). The summed E-state index contributed by atoms with van der Waals surface area (Å²) >= 11 is 6.27. The van der Waals surface area contributed by atoms with Gasteiger partial charge in [-0.2, -0.15) is 0 Å². The van der Waals surface area contributed by atoms with Crippen LogP contribution in [0.25, 0.3) is 10.2 Å². The van der Waals surface area contributed by atoms with Crippen molar-refractivity contribution in [2.24, 2.45) is 0 Å². The van der Waals surface area contributed by atoms with E-state index < -0.39 is 10.8 Å². The quantitative estimate of drug-likeness (QED) is 0.401. The number of nitrogens with one attached hydrogen (secondary N) is 2. The SMILES string of the molecule is Cc1c(C(=O)NC(=S)Nc2nc3ccc(F)cc3s2)cccc1[N+](=O)[O-]. The van der Waals surface area contributed by atoms with Gasteiger partial charge < -0.3 is 5.32 Å². The Kier molecular flexibility index (Phi) is 4.87. The number of nitrogens with zero attached hydrogens (tertiary/aromatic N) is 2. The maximum atomic E-state index is 13.2. The van der Waals surface area contributed by atoms with Gasteiger partial charge in [-0.3, -0.25) is 20.2 Å². The van der Waals surface area contributed by atoms with Crippen molar-refractivity contribution in [2.45, 2.75) is 6.92 Å². The van der Waals surface area contributed by atoms with Crippen LogP contribution in [0.5, 0.6) is 0 Å². The Labute approximate surface area is 156 Å². The second kappa shape index (κ2) is 7.10. The molecule has 0 radical (unpaired) electrons. The molecule has 0 aliphatic rings. The first-order chi connectivity index (χ1) is 12.3. The van der Waals surface area contributed by atoms with E-state index in [0.717, 1.165) is 0 Å². The first-order valence-corrected chi connectivity index (χ1v) is 8.50. The van der Waals surface area contributed by atoms with Crippen LogP contribution in [0, 0.1) is 22.9 Å². The van der Waals surface area contributed by atoms with Crippen LogP contribution in [0.3, 0.4) is 0 Å². The summed E-state index contributed by atoms with van der Waals surface area (Å²) in [6.07, 6.45) is 0. The zero-order chi connectivity index (χ0) is 18.8. The van der Waals surface area contributed by atoms with Crippen LogP contribution in [0.2, 0.25) is 0 Å². The number of carbonyl (C=O) groups excluding carboxylic acids is 1. The topological polar surface area (TPSA) is 97.2 Å². The lowest BCUT2D eigenvalue weighted by Crippen LogP contribution is -2.34. The number of benzene rings is 2. The molecule has 0 aliphatic carbocycles. The van der Waals surface area contributed by atoms with Gasteiger partial charge in [0, 0.05) is 17.2 Å². The average Bonchev–Trinajstić information content (AvgIpc) is 2.95. The highest BCUT2D eigenvalue weighted by molar-refractivity contribution is 7.80. The first-order valence-electron chi connectivity index (χ1n) is 7.27. The van der Waals surface area contributed by atoms with Gasteiger partial charge in [-0.05, 0) is 43.4 Å². The Balaban J connectivity index is 1.74. The van der Waals surface area contributed by atoms with Gasteiger partial charge >= 0.3 is 0 Å². The predicted octanol–water partition coefficient (Wildman–Crippen LogP) is 3.78. The molecule has 0 saturated heterocycles. The summed E-state index contributed by atoms with van der Waals surface area (Å²) in [6, 6.07) is 8.42. The van der Waals surface area contributed by atoms with E-state index in [1.807, 2.05) is 0 Å². The van der Waals surface area contributed by atoms with E-state index in [-0.39, 0.29) is 27.7 Å². The zero-order valence-electron chi connectivity index (χ0n) is 13.3. The molecule has 132 valence electrons. The number of thiazole rings is 1. The number of amides is 1. The molecule has 0 bridgehead atoms. The number of nitro groups is 1. The number of hydrogen-bond donors (Lipinski definition) is 2. The van der Waals surface area contributed by atoms with Crippen LogP contribution in [0.15, 0.2) is 36.4 Å². The molecule has 2 aromatic carbocycles. The molecular formula is C16H11FN4O3S2. The number of fused-ring (bicyclic) bond motifs is 1. The molecule has 7 nitrogen and oxygen atoms in total. The molecule has 1 amide bonds. The molecule has 0 saturated carbocycles. The van der Waals surface area contributed by atoms with E-state index in [9.17, 15) is 19.3 Å². The first kappa shape index (κ1) is 17.8. The van der Waals surface area contributed by atoms with Gasteiger partial charge in [0.2, 0.25) is 0 Å². The third-order valence-electron chi connectivity index (χ3n) is 3.54. The van der Waals surface area contributed by atoms with Crippen molar-refractivity contribution in [1.82, 2.24) is 10.3 Å². The molecule has 1 aromatic heterocycles. The Morgan fingerprint density at radius 3 is 2.85 bits per heavy atom. The maximum absolute atomic E-state index is 13.2. The second-order valence-electron chi connectivity index (χ2n) is 5.25. The van der Waals surface area contributed by atoms with Crippen molar-refractivity contribution in [3.63, 3.8) is 0 Å². The summed E-state index contributed by atoms with van der Waals surface area (Å²) < 4.78 is 13.9. The van der Waals surface area contributed by atoms with Crippen molar-refractivity contribution in [3.05, 3.63) is 63.5 Å². The van der Waals surface area contributed by atoms with Crippen LogP contribution < -0.4 is 10.6 Å². The van der Waals surface area contributed by atoms with Gasteiger partial charge in [0.1, 0.15) is 5.82 Å². The van der Waals surface area contributed by atoms with E-state index >= 15 is 0 Å². The van der Waals surface area contributed by atoms with E-state index in [4.69, 9.17) is 12.2 Å². The van der Waals surface area contributed by atoms with Crippen molar-refractivity contribution in [2.75, 3.05) is 5.32 Å². The molecule has 0 unspecified atom stereocenters. The summed E-state index contributed by atoms with van der Waals surface area (Å²) in [5, 5.41) is 16.6. The Morgan fingerprint density at radius 2 is 2.12 bits per heavy atom. The van der Waals surface area contributed by atoms with Gasteiger partial charge in [-0.1, -0.05) is 17.4 Å². The van der Waals surface area contributed by atoms with Crippen LogP contribution in [-0.2, 0) is 0 Å². The molecule has 1 heterocycles. The number of halogens is 1. The highest BCUT2D eigenvalue weighted by Gasteiger charge is 2.19. The van der Waals surface area contributed by atoms with Crippen LogP contribution in [0.1, 0.15) is 15.9 Å². The fourth-order valence-electron chi connectivity index (χ4n) is 2.32. The van der Waals surface area contributed by atoms with Gasteiger partial charge in [-0.15, -0.1) is 0 Å². The van der Waals surface area contributed by atoms with E-state index in [1.165, 1.54) is 48.6 Å². The minimum Gasteiger partial charge on any atom is -0.308 e. The molecular weight excluding hydrogens is 379 g/mol. The number of nitro benzene ring substituents is 1. The van der Waals surface area contributed by atoms with Gasteiger partial charge in [0.05, 0.1) is 15.1 Å². The third-order valence-corrected chi connectivity index (χ3v) is 4.68. The number of anilines is 1. The van der Waals surface area contributed by atoms with Gasteiger partial charge in [0.15, 0.2) is 10.2 Å². The molecule has 0 fully saturated rings. The summed E-state index contributed by atoms with van der Waals surface area (Å²) in [6.45, 7) is 1.49. The summed E-state index contributed by atoms with van der Waals surface area (Å²) in [5.74, 6) is -0.944. The number of hydrogen-bond acceptors (Lipinski definition) is 6. The fourth-order valence-corrected chi connectivity index (χ4v) is 3.47. The summed E-state index contributed by atoms with van der Waals surface area (Å²) in [5.41, 5.74) is 0.843. The standard InChI is InChI=1S/C16H11FN4O3S2/c1-8-10(3-2-4-12(8)21(23)24)14(22)19-15(25)20-16-18-11-6-5-9(17)7-13(11)26-16/h2-7H,1H3,(H2,18,19,20,22,25). The van der Waals surface area contributed by atoms with E-state index in [0.29, 0.717) is 15.3 Å². The number of thiocarbonyl (C=S) groups is 1. The highest BCUT2D eigenvalue weighted by Crippen LogP contribution is 2.26. The van der Waals surface area contributed by atoms with Crippen LogP contribution in [0.4, 0.5) is 15.2 Å². The Hall–Kier alpha value is -2.98. The Bertz CT molecular complexity index is 1050. The van der Waals surface area contributed by atoms with Crippen LogP contribution >= 0.6 is 23.6 Å². The largest absolute Gasteiger partial charge is 0.308 e. The van der Waals surface area contributed by atoms with Crippen LogP contribution in [-0.4, -0.2) is 20.9 Å². The second-order valence-corrected chi connectivity index (χ2v) is 6.69. The maximum Gasteiger partial charge on any atom is 0.273 e. The van der Waals surface area contributed by atoms with E-state index in [1.54, 1.807) is 6.07 Å². The lowest BCUT2D eigenvalue weighted by molar-refractivity contribution is -0.385. The number of rotatable bonds is 3. The average molecular weight is 390 g/mol. The normalized spacial score (nSPS) is 10.5. The lowest BCUT2D eigenvalue weighted by Gasteiger charge is -2.09. The monoisotopic (exact) mass is 390 g/mol. The molecule has 2 N–H and O–H groups in total. The van der Waals surface area contributed by atoms with E-state index in [2.05, 4.69) is 15.6 Å². The molecule has 0 atom stereocenters. The molecule has 10 heteroatoms. The van der Waals surface area contributed by atoms with Crippen molar-refractivity contribution < 1.29 is 14.1 Å². The third kappa shape index (κ3) is 3.65. The van der Waals surface area contributed by atoms with Gasteiger partial charge in [-0.25, -0.2) is 9.37 Å². The summed E-state index contributed by atoms with van der Waals surface area (Å²) in [7, 11) is 0. The lowest BCUT2D eigenvalue weighted by atomic mass is 10.1. The molecule has 0 aliphatic heterocycles. The van der Waals surface area contributed by atoms with Crippen molar-refractivity contribution >= 4 is 55.6 Å². The Morgan fingerprint density at radius 1 is 1.35 bits per heavy atom. The highest BCUT2D eigenvalue weighted by atomic mass is 32.1. The minimum absolute atomic E-state index is 0.0135. The minimum atomic E-state index is -0.573. The number of aromatic nitrogens is 1. The van der Waals surface area contributed by atoms with Crippen molar-refractivity contribution in [1.29, 1.82) is 0 Å². The fraction of sp³-hybridized carbons (Fsp3) is 0.0625. The molecule has 26 heavy (non-hydrogen) atoms. The number of carbonyl (C=O) groups is 1. The zero-order valence-corrected chi connectivity index (χ0v) is 14.9. The smallest absolute Gasteiger partial charge is 0.273 e. The molecule has 0 spiro atoms. The molecule has 3 aromatic rings. The van der Waals surface area contributed by atoms with Gasteiger partial charge in [0.25, 0.3) is 11.6 Å². The predicted molar refractivity (Wildman–Crippen MR) is 101 cm³/mol.